The lowest BCUT2D eigenvalue weighted by Crippen LogP contribution is -2.50. The van der Waals surface area contributed by atoms with Gasteiger partial charge in [0.2, 0.25) is 0 Å². The highest BCUT2D eigenvalue weighted by atomic mass is 16.6. The average Bonchev–Trinajstić information content (AvgIpc) is 4.08. The van der Waals surface area contributed by atoms with Crippen molar-refractivity contribution in [3.05, 3.63) is 0 Å². The molecule has 390 valence electrons. The van der Waals surface area contributed by atoms with E-state index >= 15 is 0 Å². The molecule has 6 aliphatic heterocycles. The molecule has 2 aliphatic carbocycles. The third-order valence-electron chi connectivity index (χ3n) is 17.7. The van der Waals surface area contributed by atoms with Crippen LogP contribution in [0.3, 0.4) is 0 Å². The smallest absolute Gasteiger partial charge is 0.410 e. The van der Waals surface area contributed by atoms with Gasteiger partial charge >= 0.3 is 30.5 Å². The van der Waals surface area contributed by atoms with Gasteiger partial charge in [-0.3, -0.25) is 0 Å². The molecule has 8 rings (SSSR count). The first-order valence-corrected chi connectivity index (χ1v) is 27.8. The van der Waals surface area contributed by atoms with Crippen LogP contribution in [0.2, 0.25) is 0 Å². The third-order valence-corrected chi connectivity index (χ3v) is 17.7. The van der Waals surface area contributed by atoms with Gasteiger partial charge in [-0.1, -0.05) is 0 Å². The zero-order valence-electron chi connectivity index (χ0n) is 42.5. The van der Waals surface area contributed by atoms with E-state index in [-0.39, 0.29) is 54.9 Å². The number of likely N-dealkylation sites (tertiary alicyclic amines) is 5. The molecule has 0 bridgehead atoms. The van der Waals surface area contributed by atoms with Crippen LogP contribution in [0, 0.1) is 47.3 Å². The molecule has 0 N–H and O–H groups in total. The standard InChI is InChI=1S/C53H87N5O11/c1-4-65-49(59)54-23-12-38(13-24-54)34-46(40-16-27-56(28-17-40)50(60)66-37(2)3)48(42-20-31-58(32-21-42)52(62)68-44-10-7-11-44)47(41-18-29-57(30-19-41)53(63)69-45-22-33-64-36-45)35-39-14-25-55(26-15-39)51(61)67-43-8-5-6-9-43/h37-48H,4-36H2,1-3H3. The van der Waals surface area contributed by atoms with Gasteiger partial charge in [0.25, 0.3) is 0 Å². The van der Waals surface area contributed by atoms with E-state index in [0.717, 1.165) is 128 Å². The van der Waals surface area contributed by atoms with Crippen LogP contribution in [-0.4, -0.2) is 165 Å². The first kappa shape index (κ1) is 51.7. The number of hydrogen-bond donors (Lipinski definition) is 0. The highest BCUT2D eigenvalue weighted by Gasteiger charge is 2.47. The van der Waals surface area contributed by atoms with Crippen molar-refractivity contribution in [2.75, 3.05) is 85.3 Å². The number of carbonyl (C=O) groups excluding carboxylic acids is 5. The Hall–Kier alpha value is -3.69. The van der Waals surface area contributed by atoms with Crippen LogP contribution >= 0.6 is 0 Å². The molecule has 4 atom stereocenters. The molecular weight excluding hydrogens is 883 g/mol. The monoisotopic (exact) mass is 970 g/mol. The topological polar surface area (TPSA) is 157 Å². The summed E-state index contributed by atoms with van der Waals surface area (Å²) in [4.78, 5) is 76.3. The third kappa shape index (κ3) is 14.0. The van der Waals surface area contributed by atoms with Crippen LogP contribution in [0.25, 0.3) is 0 Å². The summed E-state index contributed by atoms with van der Waals surface area (Å²) in [5.74, 6) is 3.11. The molecule has 6 heterocycles. The Labute approximate surface area is 412 Å². The summed E-state index contributed by atoms with van der Waals surface area (Å²) in [7, 11) is 0. The number of nitrogens with zero attached hydrogens (tertiary/aromatic N) is 5. The summed E-state index contributed by atoms with van der Waals surface area (Å²) < 4.78 is 34.6. The number of amides is 5. The van der Waals surface area contributed by atoms with Crippen LogP contribution in [0.5, 0.6) is 0 Å². The quantitative estimate of drug-likeness (QED) is 0.153. The Morgan fingerprint density at radius 1 is 0.464 bits per heavy atom. The molecule has 5 amide bonds. The summed E-state index contributed by atoms with van der Waals surface area (Å²) in [6.45, 7) is 13.9. The lowest BCUT2D eigenvalue weighted by atomic mass is 9.57. The second kappa shape index (κ2) is 25.1. The minimum Gasteiger partial charge on any atom is -0.450 e. The molecule has 69 heavy (non-hydrogen) atoms. The number of piperidine rings is 5. The summed E-state index contributed by atoms with van der Waals surface area (Å²) in [6, 6.07) is 0. The van der Waals surface area contributed by atoms with Gasteiger partial charge in [-0.2, -0.15) is 0 Å². The molecule has 0 spiro atoms. The van der Waals surface area contributed by atoms with Crippen LogP contribution < -0.4 is 0 Å². The number of hydrogen-bond acceptors (Lipinski definition) is 11. The minimum atomic E-state index is -0.232. The predicted octanol–water partition coefficient (Wildman–Crippen LogP) is 9.57. The Morgan fingerprint density at radius 3 is 1.25 bits per heavy atom. The van der Waals surface area contributed by atoms with Crippen molar-refractivity contribution in [1.29, 1.82) is 0 Å². The SMILES string of the molecule is CCOC(=O)N1CCC(CC(C2CCN(C(=O)OC(C)C)CC2)C(C2CCN(C(=O)OC3CCC3)CC2)C(CC2CCN(C(=O)OC3CCCC3)CC2)C2CCN(C(=O)OC3CCOC3)CC2)CC1. The maximum Gasteiger partial charge on any atom is 0.410 e. The maximum absolute atomic E-state index is 13.6. The molecule has 6 saturated heterocycles. The van der Waals surface area contributed by atoms with E-state index in [9.17, 15) is 24.0 Å². The number of rotatable bonds is 14. The average molecular weight is 970 g/mol. The van der Waals surface area contributed by atoms with E-state index in [2.05, 4.69) is 0 Å². The largest absolute Gasteiger partial charge is 0.450 e. The zero-order chi connectivity index (χ0) is 48.3. The molecule has 8 aliphatic rings. The van der Waals surface area contributed by atoms with E-state index in [1.54, 1.807) is 0 Å². The predicted molar refractivity (Wildman–Crippen MR) is 258 cm³/mol. The Kier molecular flexibility index (Phi) is 18.8. The highest BCUT2D eigenvalue weighted by Crippen LogP contribution is 2.51. The van der Waals surface area contributed by atoms with Crippen molar-refractivity contribution < 1.29 is 52.4 Å². The fourth-order valence-corrected chi connectivity index (χ4v) is 13.5. The van der Waals surface area contributed by atoms with E-state index in [1.165, 1.54) is 0 Å². The van der Waals surface area contributed by atoms with Gasteiger partial charge in [0.1, 0.15) is 18.3 Å². The first-order valence-electron chi connectivity index (χ1n) is 27.8. The van der Waals surface area contributed by atoms with Crippen LogP contribution in [-0.2, 0) is 28.4 Å². The van der Waals surface area contributed by atoms with Crippen LogP contribution in [0.15, 0.2) is 0 Å². The van der Waals surface area contributed by atoms with Gasteiger partial charge in [0.15, 0.2) is 0 Å². The van der Waals surface area contributed by atoms with Gasteiger partial charge in [0, 0.05) is 71.9 Å². The van der Waals surface area contributed by atoms with Crippen molar-refractivity contribution in [1.82, 2.24) is 24.5 Å². The molecule has 2 saturated carbocycles. The fraction of sp³-hybridized carbons (Fsp3) is 0.906. The van der Waals surface area contributed by atoms with Gasteiger partial charge in [-0.25, -0.2) is 24.0 Å². The second-order valence-corrected chi connectivity index (χ2v) is 22.4. The van der Waals surface area contributed by atoms with Gasteiger partial charge in [-0.05, 0) is 190 Å². The summed E-state index contributed by atoms with van der Waals surface area (Å²) in [6.07, 6.45) is 18.0. The molecule has 4 unspecified atom stereocenters. The van der Waals surface area contributed by atoms with E-state index in [0.29, 0.717) is 133 Å². The van der Waals surface area contributed by atoms with Gasteiger partial charge < -0.3 is 52.9 Å². The molecule has 0 aromatic rings. The van der Waals surface area contributed by atoms with Crippen molar-refractivity contribution in [3.63, 3.8) is 0 Å². The number of ether oxygens (including phenoxy) is 6. The Morgan fingerprint density at radius 2 is 0.855 bits per heavy atom. The summed E-state index contributed by atoms with van der Waals surface area (Å²) in [5, 5.41) is 0. The van der Waals surface area contributed by atoms with Gasteiger partial charge in [0.05, 0.1) is 25.9 Å². The second-order valence-electron chi connectivity index (χ2n) is 22.4. The molecule has 0 radical (unpaired) electrons. The maximum atomic E-state index is 13.6. The minimum absolute atomic E-state index is 0.0429. The molecule has 16 heteroatoms. The van der Waals surface area contributed by atoms with Crippen molar-refractivity contribution in [2.24, 2.45) is 47.3 Å². The lowest BCUT2D eigenvalue weighted by Gasteiger charge is -2.51. The molecule has 16 nitrogen and oxygen atoms in total. The summed E-state index contributed by atoms with van der Waals surface area (Å²) >= 11 is 0. The van der Waals surface area contributed by atoms with Crippen LogP contribution in [0.1, 0.15) is 149 Å². The van der Waals surface area contributed by atoms with Crippen molar-refractivity contribution >= 4 is 30.5 Å². The fourth-order valence-electron chi connectivity index (χ4n) is 13.5. The van der Waals surface area contributed by atoms with E-state index < -0.39 is 0 Å². The number of carbonyl (C=O) groups is 5. The van der Waals surface area contributed by atoms with E-state index in [1.807, 2.05) is 45.3 Å². The summed E-state index contributed by atoms with van der Waals surface area (Å²) in [5.41, 5.74) is 0. The van der Waals surface area contributed by atoms with Gasteiger partial charge in [-0.15, -0.1) is 0 Å². The molecule has 0 aromatic carbocycles. The van der Waals surface area contributed by atoms with Crippen molar-refractivity contribution in [2.45, 2.75) is 174 Å². The van der Waals surface area contributed by atoms with Crippen molar-refractivity contribution in [3.8, 4) is 0 Å². The lowest BCUT2D eigenvalue weighted by molar-refractivity contribution is -0.0302. The zero-order valence-corrected chi connectivity index (χ0v) is 42.5. The normalized spacial score (nSPS) is 25.9. The van der Waals surface area contributed by atoms with E-state index in [4.69, 9.17) is 28.4 Å². The Balaban J connectivity index is 1.07. The van der Waals surface area contributed by atoms with Crippen LogP contribution in [0.4, 0.5) is 24.0 Å². The molecule has 0 aromatic heterocycles. The highest BCUT2D eigenvalue weighted by molar-refractivity contribution is 5.69. The molecule has 8 fully saturated rings. The first-order chi connectivity index (χ1) is 33.5. The Bertz CT molecular complexity index is 1650. The molecular formula is C53H87N5O11.